The zero-order valence-corrected chi connectivity index (χ0v) is 13.3. The molecule has 0 aliphatic heterocycles. The first-order valence-electron chi connectivity index (χ1n) is 8.08. The van der Waals surface area contributed by atoms with Crippen LogP contribution >= 0.6 is 0 Å². The van der Waals surface area contributed by atoms with Crippen LogP contribution in [0, 0.1) is 0 Å². The highest BCUT2D eigenvalue weighted by atomic mass is 14.7. The fraction of sp³-hybridized carbons (Fsp3) is 0.136. The fourth-order valence-corrected chi connectivity index (χ4v) is 3.90. The van der Waals surface area contributed by atoms with E-state index in [9.17, 15) is 0 Å². The van der Waals surface area contributed by atoms with Crippen molar-refractivity contribution in [1.29, 1.82) is 0 Å². The van der Waals surface area contributed by atoms with Gasteiger partial charge in [-0.1, -0.05) is 56.3 Å². The van der Waals surface area contributed by atoms with Crippen molar-refractivity contribution in [2.45, 2.75) is 19.3 Å². The maximum absolute atomic E-state index is 5.00. The molecule has 3 aromatic carbocycles. The van der Waals surface area contributed by atoms with Gasteiger partial charge in [-0.25, -0.2) is 4.98 Å². The highest BCUT2D eigenvalue weighted by molar-refractivity contribution is 5.94. The molecule has 1 aromatic heterocycles. The first-order valence-corrected chi connectivity index (χ1v) is 8.08. The third kappa shape index (κ3) is 1.65. The topological polar surface area (TPSA) is 12.9 Å². The molecule has 0 fully saturated rings. The largest absolute Gasteiger partial charge is 0.247 e. The lowest BCUT2D eigenvalue weighted by Crippen LogP contribution is -2.15. The van der Waals surface area contributed by atoms with Crippen LogP contribution in [0.4, 0.5) is 0 Å². The maximum Gasteiger partial charge on any atom is 0.0753 e. The van der Waals surface area contributed by atoms with Gasteiger partial charge in [-0.15, -0.1) is 0 Å². The number of hydrogen-bond acceptors (Lipinski definition) is 1. The Morgan fingerprint density at radius 2 is 1.30 bits per heavy atom. The van der Waals surface area contributed by atoms with Crippen LogP contribution < -0.4 is 0 Å². The molecule has 0 spiro atoms. The summed E-state index contributed by atoms with van der Waals surface area (Å²) in [7, 11) is 0. The van der Waals surface area contributed by atoms with E-state index in [2.05, 4.69) is 80.6 Å². The van der Waals surface area contributed by atoms with Gasteiger partial charge in [0, 0.05) is 16.4 Å². The van der Waals surface area contributed by atoms with E-state index in [1.807, 2.05) is 0 Å². The van der Waals surface area contributed by atoms with Crippen molar-refractivity contribution in [3.05, 3.63) is 77.9 Å². The molecule has 0 atom stereocenters. The molecule has 1 heteroatoms. The Morgan fingerprint density at radius 3 is 2.09 bits per heavy atom. The Morgan fingerprint density at radius 1 is 0.696 bits per heavy atom. The lowest BCUT2D eigenvalue weighted by molar-refractivity contribution is 0.661. The molecule has 0 radical (unpaired) electrons. The van der Waals surface area contributed by atoms with Crippen molar-refractivity contribution in [3.63, 3.8) is 0 Å². The Balaban J connectivity index is 1.92. The van der Waals surface area contributed by atoms with E-state index in [-0.39, 0.29) is 5.41 Å². The average molecular weight is 295 g/mol. The summed E-state index contributed by atoms with van der Waals surface area (Å²) < 4.78 is 0. The first-order chi connectivity index (χ1) is 11.1. The van der Waals surface area contributed by atoms with Gasteiger partial charge >= 0.3 is 0 Å². The molecule has 1 aliphatic carbocycles. The Hall–Kier alpha value is -2.67. The summed E-state index contributed by atoms with van der Waals surface area (Å²) in [5.74, 6) is 0. The number of para-hydroxylation sites is 1. The summed E-state index contributed by atoms with van der Waals surface area (Å²) in [5.41, 5.74) is 6.22. The summed E-state index contributed by atoms with van der Waals surface area (Å²) in [5, 5.41) is 3.80. The second-order valence-electron chi connectivity index (χ2n) is 6.95. The fourth-order valence-electron chi connectivity index (χ4n) is 3.90. The minimum atomic E-state index is -0.00820. The van der Waals surface area contributed by atoms with Gasteiger partial charge in [0.2, 0.25) is 0 Å². The normalized spacial score (nSPS) is 14.9. The summed E-state index contributed by atoms with van der Waals surface area (Å²) >= 11 is 0. The standard InChI is InChI=1S/C22H17N/c1-22(2)18-12-15-8-4-3-7-14(15)11-17(18)21-19(22)13-16-9-5-6-10-20(16)23-21/h3-13H,1-2H3. The zero-order valence-electron chi connectivity index (χ0n) is 13.3. The van der Waals surface area contributed by atoms with Gasteiger partial charge in [-0.3, -0.25) is 0 Å². The molecule has 0 bridgehead atoms. The van der Waals surface area contributed by atoms with Gasteiger partial charge in [0.15, 0.2) is 0 Å². The van der Waals surface area contributed by atoms with Crippen LogP contribution in [0.3, 0.4) is 0 Å². The van der Waals surface area contributed by atoms with E-state index in [1.165, 1.54) is 32.8 Å². The summed E-state index contributed by atoms with van der Waals surface area (Å²) in [6.07, 6.45) is 0. The number of rotatable bonds is 0. The lowest BCUT2D eigenvalue weighted by atomic mass is 9.82. The maximum atomic E-state index is 5.00. The van der Waals surface area contributed by atoms with E-state index in [0.29, 0.717) is 0 Å². The second kappa shape index (κ2) is 4.20. The van der Waals surface area contributed by atoms with Crippen molar-refractivity contribution in [2.24, 2.45) is 0 Å². The molecule has 1 heterocycles. The van der Waals surface area contributed by atoms with Gasteiger partial charge in [0.05, 0.1) is 11.2 Å². The van der Waals surface area contributed by atoms with Crippen molar-refractivity contribution in [1.82, 2.24) is 4.98 Å². The number of nitrogens with zero attached hydrogens (tertiary/aromatic N) is 1. The third-order valence-corrected chi connectivity index (χ3v) is 5.21. The molecule has 0 saturated heterocycles. The lowest BCUT2D eigenvalue weighted by Gasteiger charge is -2.21. The van der Waals surface area contributed by atoms with Crippen LogP contribution in [0.15, 0.2) is 66.7 Å². The Kier molecular flexibility index (Phi) is 2.34. The van der Waals surface area contributed by atoms with Gasteiger partial charge in [-0.05, 0) is 46.2 Å². The van der Waals surface area contributed by atoms with Gasteiger partial charge < -0.3 is 0 Å². The molecule has 110 valence electrons. The molecule has 5 rings (SSSR count). The average Bonchev–Trinajstić information content (AvgIpc) is 2.79. The molecular formula is C22H17N. The van der Waals surface area contributed by atoms with E-state index >= 15 is 0 Å². The predicted molar refractivity (Wildman–Crippen MR) is 96.8 cm³/mol. The van der Waals surface area contributed by atoms with Crippen molar-refractivity contribution >= 4 is 21.7 Å². The highest BCUT2D eigenvalue weighted by Gasteiger charge is 2.36. The van der Waals surface area contributed by atoms with Crippen LogP contribution in [0.5, 0.6) is 0 Å². The van der Waals surface area contributed by atoms with Gasteiger partial charge in [-0.2, -0.15) is 0 Å². The van der Waals surface area contributed by atoms with Crippen LogP contribution in [-0.2, 0) is 5.41 Å². The van der Waals surface area contributed by atoms with Crippen molar-refractivity contribution in [2.75, 3.05) is 0 Å². The van der Waals surface area contributed by atoms with Crippen LogP contribution in [0.1, 0.15) is 25.0 Å². The van der Waals surface area contributed by atoms with E-state index in [0.717, 1.165) is 11.2 Å². The Labute approximate surface area is 135 Å². The molecule has 0 saturated carbocycles. The van der Waals surface area contributed by atoms with Crippen LogP contribution in [0.25, 0.3) is 32.9 Å². The first kappa shape index (κ1) is 12.8. The quantitative estimate of drug-likeness (QED) is 0.406. The number of hydrogen-bond donors (Lipinski definition) is 0. The van der Waals surface area contributed by atoms with E-state index in [1.54, 1.807) is 0 Å². The van der Waals surface area contributed by atoms with Crippen LogP contribution in [-0.4, -0.2) is 4.98 Å². The monoisotopic (exact) mass is 295 g/mol. The summed E-state index contributed by atoms with van der Waals surface area (Å²) in [6, 6.07) is 23.9. The minimum Gasteiger partial charge on any atom is -0.247 e. The molecule has 23 heavy (non-hydrogen) atoms. The molecule has 4 aromatic rings. The number of fused-ring (bicyclic) bond motifs is 5. The van der Waals surface area contributed by atoms with E-state index in [4.69, 9.17) is 4.98 Å². The zero-order chi connectivity index (χ0) is 15.6. The number of benzene rings is 3. The number of aromatic nitrogens is 1. The molecule has 1 aliphatic rings. The molecule has 1 nitrogen and oxygen atoms in total. The second-order valence-corrected chi connectivity index (χ2v) is 6.95. The van der Waals surface area contributed by atoms with Crippen molar-refractivity contribution < 1.29 is 0 Å². The van der Waals surface area contributed by atoms with Gasteiger partial charge in [0.1, 0.15) is 0 Å². The molecule has 0 amide bonds. The SMILES string of the molecule is CC1(C)c2cc3ccccc3cc2-c2nc3ccccc3cc21. The number of pyridine rings is 1. The molecular weight excluding hydrogens is 278 g/mol. The summed E-state index contributed by atoms with van der Waals surface area (Å²) in [4.78, 5) is 5.00. The molecule has 0 N–H and O–H groups in total. The van der Waals surface area contributed by atoms with Crippen molar-refractivity contribution in [3.8, 4) is 11.3 Å². The Bertz CT molecular complexity index is 1000. The predicted octanol–water partition coefficient (Wildman–Crippen LogP) is 5.69. The van der Waals surface area contributed by atoms with Gasteiger partial charge in [0.25, 0.3) is 0 Å². The van der Waals surface area contributed by atoms with Crippen LogP contribution in [0.2, 0.25) is 0 Å². The third-order valence-electron chi connectivity index (χ3n) is 5.21. The molecule has 0 unspecified atom stereocenters. The van der Waals surface area contributed by atoms with E-state index < -0.39 is 0 Å². The highest BCUT2D eigenvalue weighted by Crippen LogP contribution is 2.49. The summed E-state index contributed by atoms with van der Waals surface area (Å²) in [6.45, 7) is 4.62. The smallest absolute Gasteiger partial charge is 0.0753 e. The minimum absolute atomic E-state index is 0.00820.